The van der Waals surface area contributed by atoms with Gasteiger partial charge in [0, 0.05) is 19.6 Å². The highest BCUT2D eigenvalue weighted by Gasteiger charge is 2.32. The van der Waals surface area contributed by atoms with Crippen molar-refractivity contribution in [3.8, 4) is 0 Å². The number of hydrogen-bond acceptors (Lipinski definition) is 6. The first kappa shape index (κ1) is 35.7. The highest BCUT2D eigenvalue weighted by molar-refractivity contribution is 7.74. The van der Waals surface area contributed by atoms with Gasteiger partial charge in [-0.15, -0.1) is 0 Å². The Morgan fingerprint density at radius 2 is 1.22 bits per heavy atom. The standard InChI is InChI=1S/C28H58NO6P/c1-3-5-7-8-9-10-11-12-13-14-15-16-17-18-19-21-28(32)36(33,29-22-23-30)35-26-27(25-31)34-24-20-6-4-2/h27,30-31H,3-26H2,1-2H3,(H,29,33)/t27-,36?/m1/s1. The number of aliphatic hydroxyl groups excluding tert-OH is 2. The van der Waals surface area contributed by atoms with Crippen molar-refractivity contribution in [3.63, 3.8) is 0 Å². The molecule has 0 rings (SSSR count). The summed E-state index contributed by atoms with van der Waals surface area (Å²) in [4.78, 5) is 12.7. The molecule has 7 nitrogen and oxygen atoms in total. The molecule has 0 saturated carbocycles. The summed E-state index contributed by atoms with van der Waals surface area (Å²) in [5.41, 5.74) is -0.451. The molecule has 1 unspecified atom stereocenters. The van der Waals surface area contributed by atoms with Gasteiger partial charge >= 0.3 is 7.52 Å². The number of aliphatic hydroxyl groups is 2. The van der Waals surface area contributed by atoms with Gasteiger partial charge in [-0.1, -0.05) is 117 Å². The molecule has 0 aromatic rings. The summed E-state index contributed by atoms with van der Waals surface area (Å²) in [6, 6.07) is 0. The summed E-state index contributed by atoms with van der Waals surface area (Å²) >= 11 is 0. The van der Waals surface area contributed by atoms with Crippen molar-refractivity contribution in [2.24, 2.45) is 0 Å². The summed E-state index contributed by atoms with van der Waals surface area (Å²) in [5.74, 6) is 0. The Hall–Kier alpha value is -0.300. The first-order chi connectivity index (χ1) is 17.5. The third kappa shape index (κ3) is 20.7. The lowest BCUT2D eigenvalue weighted by molar-refractivity contribution is -0.113. The van der Waals surface area contributed by atoms with E-state index in [9.17, 15) is 14.5 Å². The van der Waals surface area contributed by atoms with E-state index < -0.39 is 19.1 Å². The minimum Gasteiger partial charge on any atom is -0.395 e. The van der Waals surface area contributed by atoms with Crippen LogP contribution in [0.5, 0.6) is 0 Å². The van der Waals surface area contributed by atoms with E-state index in [1.807, 2.05) is 0 Å². The van der Waals surface area contributed by atoms with Gasteiger partial charge in [0.05, 0.1) is 19.8 Å². The molecular weight excluding hydrogens is 477 g/mol. The highest BCUT2D eigenvalue weighted by atomic mass is 31.2. The normalized spacial score (nSPS) is 14.1. The number of rotatable bonds is 29. The van der Waals surface area contributed by atoms with Crippen LogP contribution in [0, 0.1) is 0 Å². The lowest BCUT2D eigenvalue weighted by Gasteiger charge is -2.21. The van der Waals surface area contributed by atoms with Gasteiger partial charge in [0.25, 0.3) is 0 Å². The fraction of sp³-hybridized carbons (Fsp3) is 0.964. The topological polar surface area (TPSA) is 105 Å². The van der Waals surface area contributed by atoms with E-state index in [0.29, 0.717) is 13.0 Å². The Balaban J connectivity index is 4.00. The van der Waals surface area contributed by atoms with E-state index in [1.165, 1.54) is 77.0 Å². The van der Waals surface area contributed by atoms with Crippen molar-refractivity contribution in [2.75, 3.05) is 33.0 Å². The average molecular weight is 536 g/mol. The fourth-order valence-corrected chi connectivity index (χ4v) is 5.78. The van der Waals surface area contributed by atoms with E-state index in [1.54, 1.807) is 0 Å². The molecule has 0 fully saturated rings. The van der Waals surface area contributed by atoms with Crippen LogP contribution in [-0.4, -0.2) is 54.8 Å². The van der Waals surface area contributed by atoms with Crippen LogP contribution < -0.4 is 5.09 Å². The minimum atomic E-state index is -3.77. The second-order valence-corrected chi connectivity index (χ2v) is 12.1. The SMILES string of the molecule is CCCCCCCCCCCCCCCCCC(=O)P(=O)(NCCO)OC[C@@H](CO)OCCCCC. The number of hydrogen-bond donors (Lipinski definition) is 3. The maximum Gasteiger partial charge on any atom is 0.334 e. The van der Waals surface area contributed by atoms with Crippen LogP contribution in [-0.2, 0) is 18.6 Å². The van der Waals surface area contributed by atoms with Crippen LogP contribution >= 0.6 is 7.52 Å². The smallest absolute Gasteiger partial charge is 0.334 e. The van der Waals surface area contributed by atoms with Crippen molar-refractivity contribution in [3.05, 3.63) is 0 Å². The maximum absolute atomic E-state index is 13.1. The maximum atomic E-state index is 13.1. The van der Waals surface area contributed by atoms with Gasteiger partial charge in [-0.3, -0.25) is 9.36 Å². The summed E-state index contributed by atoms with van der Waals surface area (Å²) in [5, 5.41) is 21.2. The monoisotopic (exact) mass is 535 g/mol. The third-order valence-electron chi connectivity index (χ3n) is 6.50. The number of ether oxygens (including phenoxy) is 1. The molecule has 8 heteroatoms. The van der Waals surface area contributed by atoms with Crippen LogP contribution in [0.1, 0.15) is 136 Å². The van der Waals surface area contributed by atoms with Gasteiger partial charge in [0.1, 0.15) is 6.10 Å². The van der Waals surface area contributed by atoms with Gasteiger partial charge in [-0.05, 0) is 12.8 Å². The Morgan fingerprint density at radius 1 is 0.750 bits per heavy atom. The van der Waals surface area contributed by atoms with Crippen LogP contribution in [0.2, 0.25) is 0 Å². The molecule has 0 radical (unpaired) electrons. The summed E-state index contributed by atoms with van der Waals surface area (Å²) < 4.78 is 24.2. The van der Waals surface area contributed by atoms with Crippen LogP contribution in [0.25, 0.3) is 0 Å². The second kappa shape index (κ2) is 26.3. The molecule has 0 saturated heterocycles. The Bertz CT molecular complexity index is 534. The van der Waals surface area contributed by atoms with Crippen molar-refractivity contribution >= 4 is 13.0 Å². The molecule has 216 valence electrons. The van der Waals surface area contributed by atoms with Crippen molar-refractivity contribution in [2.45, 2.75) is 142 Å². The lowest BCUT2D eigenvalue weighted by Crippen LogP contribution is -2.28. The molecular formula is C28H58NO6P. The zero-order valence-corrected chi connectivity index (χ0v) is 24.4. The molecule has 36 heavy (non-hydrogen) atoms. The molecule has 0 bridgehead atoms. The highest BCUT2D eigenvalue weighted by Crippen LogP contribution is 2.45. The van der Waals surface area contributed by atoms with E-state index in [-0.39, 0.29) is 32.8 Å². The lowest BCUT2D eigenvalue weighted by atomic mass is 10.0. The van der Waals surface area contributed by atoms with Crippen LogP contribution in [0.4, 0.5) is 0 Å². The van der Waals surface area contributed by atoms with Gasteiger partial charge in [0.15, 0.2) is 0 Å². The van der Waals surface area contributed by atoms with E-state index >= 15 is 0 Å². The fourth-order valence-electron chi connectivity index (χ4n) is 4.14. The molecule has 3 N–H and O–H groups in total. The van der Waals surface area contributed by atoms with Gasteiger partial charge in [0.2, 0.25) is 5.52 Å². The van der Waals surface area contributed by atoms with Crippen LogP contribution in [0.3, 0.4) is 0 Å². The Morgan fingerprint density at radius 3 is 1.69 bits per heavy atom. The number of nitrogens with one attached hydrogen (secondary N) is 1. The molecule has 0 aliphatic carbocycles. The minimum absolute atomic E-state index is 0.0169. The molecule has 2 atom stereocenters. The van der Waals surface area contributed by atoms with E-state index in [0.717, 1.165) is 32.1 Å². The van der Waals surface area contributed by atoms with Crippen LogP contribution in [0.15, 0.2) is 0 Å². The largest absolute Gasteiger partial charge is 0.395 e. The Kier molecular flexibility index (Phi) is 26.1. The van der Waals surface area contributed by atoms with Gasteiger partial charge in [-0.25, -0.2) is 5.09 Å². The zero-order chi connectivity index (χ0) is 26.7. The van der Waals surface area contributed by atoms with Crippen molar-refractivity contribution in [1.29, 1.82) is 0 Å². The summed E-state index contributed by atoms with van der Waals surface area (Å²) in [7, 11) is -3.77. The third-order valence-corrected chi connectivity index (χ3v) is 8.53. The van der Waals surface area contributed by atoms with E-state index in [2.05, 4.69) is 18.9 Å². The van der Waals surface area contributed by atoms with Gasteiger partial charge in [-0.2, -0.15) is 0 Å². The number of carbonyl (C=O) groups excluding carboxylic acids is 1. The molecule has 0 spiro atoms. The zero-order valence-electron chi connectivity index (χ0n) is 23.5. The van der Waals surface area contributed by atoms with Crippen molar-refractivity contribution in [1.82, 2.24) is 5.09 Å². The predicted octanol–water partition coefficient (Wildman–Crippen LogP) is 7.13. The molecule has 0 amide bonds. The number of carbonyl (C=O) groups is 1. The molecule has 0 heterocycles. The molecule has 0 aliphatic heterocycles. The first-order valence-corrected chi connectivity index (χ1v) is 16.5. The molecule has 0 aliphatic rings. The summed E-state index contributed by atoms with van der Waals surface area (Å²) in [6.45, 7) is 4.24. The first-order valence-electron chi connectivity index (χ1n) is 14.9. The van der Waals surface area contributed by atoms with Gasteiger partial charge < -0.3 is 19.5 Å². The second-order valence-electron chi connectivity index (χ2n) is 9.95. The Labute approximate surface area is 222 Å². The predicted molar refractivity (Wildman–Crippen MR) is 150 cm³/mol. The van der Waals surface area contributed by atoms with E-state index in [4.69, 9.17) is 14.4 Å². The van der Waals surface area contributed by atoms with Crippen molar-refractivity contribution < 1.29 is 28.8 Å². The molecule has 0 aromatic carbocycles. The quantitative estimate of drug-likeness (QED) is 0.0691. The summed E-state index contributed by atoms with van der Waals surface area (Å²) in [6.07, 6.45) is 21.2. The average Bonchev–Trinajstić information content (AvgIpc) is 2.89. The molecule has 0 aromatic heterocycles. The number of unbranched alkanes of at least 4 members (excludes halogenated alkanes) is 16.